The number of allylic oxidation sites excluding steroid dienone is 5. The molecule has 0 aliphatic heterocycles. The van der Waals surface area contributed by atoms with Crippen LogP contribution >= 0.6 is 0 Å². The van der Waals surface area contributed by atoms with Crippen molar-refractivity contribution in [1.29, 1.82) is 0 Å². The van der Waals surface area contributed by atoms with E-state index in [-0.39, 0.29) is 12.5 Å². The molecule has 0 heterocycles. The van der Waals surface area contributed by atoms with E-state index >= 15 is 0 Å². The molecule has 2 unspecified atom stereocenters. The van der Waals surface area contributed by atoms with Crippen molar-refractivity contribution in [2.45, 2.75) is 219 Å². The zero-order valence-electron chi connectivity index (χ0n) is 30.8. The molecule has 0 spiro atoms. The summed E-state index contributed by atoms with van der Waals surface area (Å²) in [5, 5.41) is 22.9. The molecule has 0 radical (unpaired) electrons. The van der Waals surface area contributed by atoms with Gasteiger partial charge in [-0.2, -0.15) is 0 Å². The van der Waals surface area contributed by atoms with Crippen LogP contribution < -0.4 is 5.32 Å². The lowest BCUT2D eigenvalue weighted by atomic mass is 10.0. The van der Waals surface area contributed by atoms with Gasteiger partial charge in [0.15, 0.2) is 0 Å². The molecule has 0 aromatic heterocycles. The number of aliphatic hydroxyl groups is 2. The van der Waals surface area contributed by atoms with Gasteiger partial charge in [-0.3, -0.25) is 4.79 Å². The van der Waals surface area contributed by atoms with Gasteiger partial charge >= 0.3 is 0 Å². The van der Waals surface area contributed by atoms with Gasteiger partial charge in [-0.1, -0.05) is 192 Å². The van der Waals surface area contributed by atoms with Crippen molar-refractivity contribution < 1.29 is 15.0 Å². The first-order chi connectivity index (χ1) is 22.7. The Bertz CT molecular complexity index is 701. The molecule has 0 fully saturated rings. The van der Waals surface area contributed by atoms with Crippen molar-refractivity contribution in [3.05, 3.63) is 36.5 Å². The highest BCUT2D eigenvalue weighted by atomic mass is 16.3. The molecule has 4 nitrogen and oxygen atoms in total. The summed E-state index contributed by atoms with van der Waals surface area (Å²) in [6.07, 6.45) is 49.6. The summed E-state index contributed by atoms with van der Waals surface area (Å²) in [6, 6.07) is -0.640. The van der Waals surface area contributed by atoms with Gasteiger partial charge in [-0.05, 0) is 44.9 Å². The maximum Gasteiger partial charge on any atom is 0.220 e. The van der Waals surface area contributed by atoms with Gasteiger partial charge in [-0.15, -0.1) is 0 Å². The highest BCUT2D eigenvalue weighted by molar-refractivity contribution is 5.76. The Morgan fingerprint density at radius 1 is 0.500 bits per heavy atom. The lowest BCUT2D eigenvalue weighted by Gasteiger charge is -2.19. The Morgan fingerprint density at radius 2 is 0.848 bits per heavy atom. The molecule has 0 aromatic rings. The predicted octanol–water partition coefficient (Wildman–Crippen LogP) is 12.2. The van der Waals surface area contributed by atoms with Crippen molar-refractivity contribution in [3.63, 3.8) is 0 Å². The predicted molar refractivity (Wildman–Crippen MR) is 202 cm³/mol. The second kappa shape index (κ2) is 38.1. The van der Waals surface area contributed by atoms with Crippen molar-refractivity contribution in [3.8, 4) is 0 Å². The number of nitrogens with one attached hydrogen (secondary N) is 1. The fourth-order valence-corrected chi connectivity index (χ4v) is 5.97. The van der Waals surface area contributed by atoms with Gasteiger partial charge in [-0.25, -0.2) is 0 Å². The van der Waals surface area contributed by atoms with Crippen LogP contribution in [-0.2, 0) is 4.79 Å². The van der Waals surface area contributed by atoms with E-state index in [2.05, 4.69) is 43.5 Å². The van der Waals surface area contributed by atoms with Gasteiger partial charge < -0.3 is 15.5 Å². The average molecular weight is 646 g/mol. The standard InChI is InChI=1S/C42H79NO3/c1-3-5-7-9-11-13-15-17-18-19-20-21-22-23-24-26-28-30-32-34-36-38-42(46)43-40(39-44)41(45)37-35-33-31-29-27-25-16-14-12-10-8-6-4-2/h12,14,27,29,35,37,40-41,44-45H,3-11,13,15-26,28,30-34,36,38-39H2,1-2H3,(H,43,46)/b14-12+,29-27+,37-35+. The zero-order chi connectivity index (χ0) is 33.6. The van der Waals surface area contributed by atoms with E-state index in [0.717, 1.165) is 38.5 Å². The first-order valence-electron chi connectivity index (χ1n) is 20.2. The van der Waals surface area contributed by atoms with Gasteiger partial charge in [0.25, 0.3) is 0 Å². The Morgan fingerprint density at radius 3 is 1.26 bits per heavy atom. The summed E-state index contributed by atoms with van der Waals surface area (Å²) in [6.45, 7) is 4.26. The number of amides is 1. The second-order valence-electron chi connectivity index (χ2n) is 13.7. The number of carbonyl (C=O) groups excluding carboxylic acids is 1. The topological polar surface area (TPSA) is 69.6 Å². The number of rotatable bonds is 36. The molecule has 0 rings (SSSR count). The number of carbonyl (C=O) groups is 1. The smallest absolute Gasteiger partial charge is 0.220 e. The summed E-state index contributed by atoms with van der Waals surface area (Å²) in [4.78, 5) is 12.3. The Balaban J connectivity index is 3.58. The molecule has 46 heavy (non-hydrogen) atoms. The number of aliphatic hydroxyl groups excluding tert-OH is 2. The van der Waals surface area contributed by atoms with Crippen molar-refractivity contribution >= 4 is 5.91 Å². The van der Waals surface area contributed by atoms with E-state index in [1.54, 1.807) is 6.08 Å². The highest BCUT2D eigenvalue weighted by Crippen LogP contribution is 2.15. The minimum absolute atomic E-state index is 0.0772. The third kappa shape index (κ3) is 34.0. The van der Waals surface area contributed by atoms with E-state index in [4.69, 9.17) is 0 Å². The number of unbranched alkanes of at least 4 members (excludes halogenated alkanes) is 25. The van der Waals surface area contributed by atoms with Crippen LogP contribution in [-0.4, -0.2) is 34.9 Å². The zero-order valence-corrected chi connectivity index (χ0v) is 30.8. The quantitative estimate of drug-likeness (QED) is 0.0469. The van der Waals surface area contributed by atoms with Crippen LogP contribution in [0.1, 0.15) is 206 Å². The minimum Gasteiger partial charge on any atom is -0.394 e. The monoisotopic (exact) mass is 646 g/mol. The van der Waals surface area contributed by atoms with Crippen LogP contribution in [0.15, 0.2) is 36.5 Å². The number of hydrogen-bond donors (Lipinski definition) is 3. The molecular formula is C42H79NO3. The van der Waals surface area contributed by atoms with E-state index in [1.165, 1.54) is 148 Å². The molecule has 3 N–H and O–H groups in total. The van der Waals surface area contributed by atoms with E-state index in [0.29, 0.717) is 6.42 Å². The van der Waals surface area contributed by atoms with Crippen LogP contribution in [0.3, 0.4) is 0 Å². The largest absolute Gasteiger partial charge is 0.394 e. The van der Waals surface area contributed by atoms with Gasteiger partial charge in [0.05, 0.1) is 18.8 Å². The molecular weight excluding hydrogens is 566 g/mol. The molecule has 2 atom stereocenters. The lowest BCUT2D eigenvalue weighted by Crippen LogP contribution is -2.45. The van der Waals surface area contributed by atoms with Crippen LogP contribution in [0.4, 0.5) is 0 Å². The summed E-state index contributed by atoms with van der Waals surface area (Å²) in [7, 11) is 0. The highest BCUT2D eigenvalue weighted by Gasteiger charge is 2.17. The van der Waals surface area contributed by atoms with Gasteiger partial charge in [0.2, 0.25) is 5.91 Å². The first-order valence-corrected chi connectivity index (χ1v) is 20.2. The molecule has 270 valence electrons. The average Bonchev–Trinajstić information content (AvgIpc) is 3.06. The Hall–Kier alpha value is -1.39. The van der Waals surface area contributed by atoms with Crippen molar-refractivity contribution in [2.24, 2.45) is 0 Å². The molecule has 0 aliphatic carbocycles. The first kappa shape index (κ1) is 44.6. The third-order valence-corrected chi connectivity index (χ3v) is 9.10. The number of hydrogen-bond acceptors (Lipinski definition) is 3. The van der Waals surface area contributed by atoms with Gasteiger partial charge in [0.1, 0.15) is 0 Å². The van der Waals surface area contributed by atoms with Crippen LogP contribution in [0.25, 0.3) is 0 Å². The van der Waals surface area contributed by atoms with Crippen LogP contribution in [0.2, 0.25) is 0 Å². The van der Waals surface area contributed by atoms with Crippen molar-refractivity contribution in [2.75, 3.05) is 6.61 Å². The summed E-state index contributed by atoms with van der Waals surface area (Å²) in [5.74, 6) is -0.0772. The summed E-state index contributed by atoms with van der Waals surface area (Å²) >= 11 is 0. The third-order valence-electron chi connectivity index (χ3n) is 9.10. The van der Waals surface area contributed by atoms with E-state index in [1.807, 2.05) is 6.08 Å². The molecule has 4 heteroatoms. The Labute approximate surface area is 287 Å². The molecule has 0 saturated heterocycles. The van der Waals surface area contributed by atoms with Crippen molar-refractivity contribution in [1.82, 2.24) is 5.32 Å². The fourth-order valence-electron chi connectivity index (χ4n) is 5.97. The minimum atomic E-state index is -0.865. The maximum absolute atomic E-state index is 12.3. The fraction of sp³-hybridized carbons (Fsp3) is 0.833. The molecule has 0 bridgehead atoms. The summed E-state index contributed by atoms with van der Waals surface area (Å²) in [5.41, 5.74) is 0. The van der Waals surface area contributed by atoms with Crippen LogP contribution in [0.5, 0.6) is 0 Å². The van der Waals surface area contributed by atoms with E-state index in [9.17, 15) is 15.0 Å². The lowest BCUT2D eigenvalue weighted by molar-refractivity contribution is -0.123. The normalized spacial score (nSPS) is 13.4. The second-order valence-corrected chi connectivity index (χ2v) is 13.7. The molecule has 0 aliphatic rings. The maximum atomic E-state index is 12.3. The molecule has 0 saturated carbocycles. The summed E-state index contributed by atoms with van der Waals surface area (Å²) < 4.78 is 0. The molecule has 1 amide bonds. The molecule has 0 aromatic carbocycles. The van der Waals surface area contributed by atoms with Crippen LogP contribution in [0, 0.1) is 0 Å². The Kier molecular flexibility index (Phi) is 36.9. The van der Waals surface area contributed by atoms with E-state index < -0.39 is 12.1 Å². The SMILES string of the molecule is CCCCC/C=C/CC/C=C/CC/C=C/C(O)C(CO)NC(=O)CCCCCCCCCCCCCCCCCCCCCCC. The van der Waals surface area contributed by atoms with Gasteiger partial charge in [0, 0.05) is 6.42 Å².